The van der Waals surface area contributed by atoms with Gasteiger partial charge in [-0.3, -0.25) is 0 Å². The van der Waals surface area contributed by atoms with Gasteiger partial charge in [-0.25, -0.2) is 0 Å². The van der Waals surface area contributed by atoms with E-state index < -0.39 is 6.04 Å². The maximum atomic E-state index is 8.98. The van der Waals surface area contributed by atoms with Gasteiger partial charge in [-0.1, -0.05) is 15.9 Å². The molecular formula is C9H11Br2NO2. The first-order chi connectivity index (χ1) is 6.60. The lowest BCUT2D eigenvalue weighted by atomic mass is 10.1. The molecule has 0 saturated carbocycles. The number of benzene rings is 1. The summed E-state index contributed by atoms with van der Waals surface area (Å²) in [5, 5.41) is 8.98. The van der Waals surface area contributed by atoms with E-state index in [0.29, 0.717) is 5.75 Å². The molecule has 0 aliphatic carbocycles. The first-order valence-electron chi connectivity index (χ1n) is 3.99. The predicted molar refractivity (Wildman–Crippen MR) is 62.4 cm³/mol. The van der Waals surface area contributed by atoms with E-state index >= 15 is 0 Å². The molecule has 3 N–H and O–H groups in total. The van der Waals surface area contributed by atoms with E-state index in [-0.39, 0.29) is 6.61 Å². The van der Waals surface area contributed by atoms with Crippen LogP contribution in [0.1, 0.15) is 11.6 Å². The Hall–Kier alpha value is -0.100. The van der Waals surface area contributed by atoms with Gasteiger partial charge in [0.1, 0.15) is 5.75 Å². The van der Waals surface area contributed by atoms with Gasteiger partial charge < -0.3 is 15.6 Å². The number of nitrogens with two attached hydrogens (primary N) is 1. The summed E-state index contributed by atoms with van der Waals surface area (Å²) >= 11 is 6.71. The van der Waals surface area contributed by atoms with Crippen LogP contribution in [0, 0.1) is 0 Å². The normalized spacial score (nSPS) is 12.6. The van der Waals surface area contributed by atoms with E-state index in [9.17, 15) is 0 Å². The van der Waals surface area contributed by atoms with Crippen LogP contribution in [0.15, 0.2) is 21.1 Å². The van der Waals surface area contributed by atoms with Gasteiger partial charge in [0, 0.05) is 10.0 Å². The van der Waals surface area contributed by atoms with Crippen molar-refractivity contribution in [1.82, 2.24) is 0 Å². The van der Waals surface area contributed by atoms with Gasteiger partial charge >= 0.3 is 0 Å². The van der Waals surface area contributed by atoms with Crippen molar-refractivity contribution in [1.29, 1.82) is 0 Å². The molecule has 1 aromatic carbocycles. The van der Waals surface area contributed by atoms with Gasteiger partial charge in [0.25, 0.3) is 0 Å². The maximum absolute atomic E-state index is 8.98. The topological polar surface area (TPSA) is 55.5 Å². The lowest BCUT2D eigenvalue weighted by molar-refractivity contribution is 0.264. The highest BCUT2D eigenvalue weighted by Gasteiger charge is 2.14. The van der Waals surface area contributed by atoms with E-state index in [1.165, 1.54) is 0 Å². The molecule has 14 heavy (non-hydrogen) atoms. The van der Waals surface area contributed by atoms with Gasteiger partial charge in [-0.2, -0.15) is 0 Å². The van der Waals surface area contributed by atoms with Crippen LogP contribution in [0.3, 0.4) is 0 Å². The summed E-state index contributed by atoms with van der Waals surface area (Å²) < 4.78 is 6.90. The third-order valence-corrected chi connectivity index (χ3v) is 2.88. The fraction of sp³-hybridized carbons (Fsp3) is 0.333. The molecule has 0 saturated heterocycles. The maximum Gasteiger partial charge on any atom is 0.137 e. The Labute approximate surface area is 99.5 Å². The zero-order valence-electron chi connectivity index (χ0n) is 7.63. The molecule has 1 aromatic rings. The average Bonchev–Trinajstić information content (AvgIpc) is 2.15. The Morgan fingerprint density at radius 1 is 1.50 bits per heavy atom. The number of hydrogen-bond acceptors (Lipinski definition) is 3. The van der Waals surface area contributed by atoms with E-state index in [2.05, 4.69) is 31.9 Å². The molecule has 0 radical (unpaired) electrons. The molecule has 0 amide bonds. The van der Waals surface area contributed by atoms with Crippen molar-refractivity contribution in [2.24, 2.45) is 5.73 Å². The fourth-order valence-corrected chi connectivity index (χ4v) is 2.59. The summed E-state index contributed by atoms with van der Waals surface area (Å²) in [6, 6.07) is 3.27. The first-order valence-corrected chi connectivity index (χ1v) is 5.58. The van der Waals surface area contributed by atoms with E-state index in [1.807, 2.05) is 12.1 Å². The van der Waals surface area contributed by atoms with Crippen LogP contribution >= 0.6 is 31.9 Å². The summed E-state index contributed by atoms with van der Waals surface area (Å²) in [5.41, 5.74) is 6.51. The van der Waals surface area contributed by atoms with Gasteiger partial charge in [0.15, 0.2) is 0 Å². The van der Waals surface area contributed by atoms with Crippen LogP contribution in [-0.4, -0.2) is 18.8 Å². The second kappa shape index (κ2) is 5.11. The van der Waals surface area contributed by atoms with Crippen molar-refractivity contribution in [3.8, 4) is 5.75 Å². The van der Waals surface area contributed by atoms with Crippen LogP contribution in [0.2, 0.25) is 0 Å². The van der Waals surface area contributed by atoms with Crippen molar-refractivity contribution >= 4 is 31.9 Å². The Morgan fingerprint density at radius 3 is 2.64 bits per heavy atom. The number of ether oxygens (including phenoxy) is 1. The molecule has 78 valence electrons. The SMILES string of the molecule is COc1c(Br)cc(Br)cc1[C@@H](N)CO. The van der Waals surface area contributed by atoms with Crippen LogP contribution in [0.4, 0.5) is 0 Å². The third kappa shape index (κ3) is 2.48. The van der Waals surface area contributed by atoms with Crippen molar-refractivity contribution in [3.63, 3.8) is 0 Å². The monoisotopic (exact) mass is 323 g/mol. The molecule has 0 aliphatic rings. The summed E-state index contributed by atoms with van der Waals surface area (Å²) in [6.45, 7) is -0.112. The molecule has 0 aromatic heterocycles. The zero-order chi connectivity index (χ0) is 10.7. The highest BCUT2D eigenvalue weighted by molar-refractivity contribution is 9.11. The Balaban J connectivity index is 3.24. The Kier molecular flexibility index (Phi) is 4.37. The smallest absolute Gasteiger partial charge is 0.137 e. The summed E-state index contributed by atoms with van der Waals surface area (Å²) in [5.74, 6) is 0.662. The van der Waals surface area contributed by atoms with Gasteiger partial charge in [0.2, 0.25) is 0 Å². The Bertz CT molecular complexity index is 331. The van der Waals surface area contributed by atoms with E-state index in [0.717, 1.165) is 14.5 Å². The minimum absolute atomic E-state index is 0.112. The van der Waals surface area contributed by atoms with Crippen molar-refractivity contribution < 1.29 is 9.84 Å². The van der Waals surface area contributed by atoms with Crippen LogP contribution in [0.5, 0.6) is 5.75 Å². The minimum Gasteiger partial charge on any atom is -0.495 e. The van der Waals surface area contributed by atoms with Crippen LogP contribution in [-0.2, 0) is 0 Å². The number of aliphatic hydroxyl groups excluding tert-OH is 1. The average molecular weight is 325 g/mol. The molecule has 0 heterocycles. The van der Waals surface area contributed by atoms with Crippen molar-refractivity contribution in [2.75, 3.05) is 13.7 Å². The molecular weight excluding hydrogens is 314 g/mol. The lowest BCUT2D eigenvalue weighted by Crippen LogP contribution is -2.15. The van der Waals surface area contributed by atoms with Gasteiger partial charge in [-0.15, -0.1) is 0 Å². The van der Waals surface area contributed by atoms with Gasteiger partial charge in [-0.05, 0) is 28.1 Å². The van der Waals surface area contributed by atoms with Crippen LogP contribution < -0.4 is 10.5 Å². The van der Waals surface area contributed by atoms with Crippen molar-refractivity contribution in [2.45, 2.75) is 6.04 Å². The first kappa shape index (κ1) is 12.0. The molecule has 0 fully saturated rings. The number of methoxy groups -OCH3 is 1. The molecule has 0 aliphatic heterocycles. The number of halogens is 2. The molecule has 0 spiro atoms. The largest absolute Gasteiger partial charge is 0.495 e. The number of hydrogen-bond donors (Lipinski definition) is 2. The predicted octanol–water partition coefficient (Wildman–Crippen LogP) is 2.21. The second-order valence-corrected chi connectivity index (χ2v) is 4.57. The van der Waals surface area contributed by atoms with Crippen molar-refractivity contribution in [3.05, 3.63) is 26.6 Å². The summed E-state index contributed by atoms with van der Waals surface area (Å²) in [7, 11) is 1.57. The lowest BCUT2D eigenvalue weighted by Gasteiger charge is -2.15. The third-order valence-electron chi connectivity index (χ3n) is 1.84. The summed E-state index contributed by atoms with van der Waals surface area (Å²) in [4.78, 5) is 0. The van der Waals surface area contributed by atoms with E-state index in [4.69, 9.17) is 15.6 Å². The number of rotatable bonds is 3. The molecule has 1 atom stereocenters. The zero-order valence-corrected chi connectivity index (χ0v) is 10.8. The second-order valence-electron chi connectivity index (χ2n) is 2.80. The van der Waals surface area contributed by atoms with E-state index in [1.54, 1.807) is 7.11 Å². The molecule has 5 heteroatoms. The highest BCUT2D eigenvalue weighted by atomic mass is 79.9. The molecule has 1 rings (SSSR count). The quantitative estimate of drug-likeness (QED) is 0.896. The van der Waals surface area contributed by atoms with Gasteiger partial charge in [0.05, 0.1) is 24.2 Å². The molecule has 0 unspecified atom stereocenters. The molecule has 0 bridgehead atoms. The minimum atomic E-state index is -0.432. The highest BCUT2D eigenvalue weighted by Crippen LogP contribution is 2.35. The fourth-order valence-electron chi connectivity index (χ4n) is 1.17. The summed E-state index contributed by atoms with van der Waals surface area (Å²) in [6.07, 6.45) is 0. The number of aliphatic hydroxyl groups is 1. The Morgan fingerprint density at radius 2 is 2.14 bits per heavy atom. The standard InChI is InChI=1S/C9H11Br2NO2/c1-14-9-6(8(12)4-13)2-5(10)3-7(9)11/h2-3,8,13H,4,12H2,1H3/t8-/m0/s1. The van der Waals surface area contributed by atoms with Crippen LogP contribution in [0.25, 0.3) is 0 Å². The molecule has 3 nitrogen and oxygen atoms in total.